The molecule has 2 aromatic carbocycles. The van der Waals surface area contributed by atoms with Crippen LogP contribution in [0.2, 0.25) is 0 Å². The molecule has 0 atom stereocenters. The molecule has 5 heteroatoms. The predicted molar refractivity (Wildman–Crippen MR) is 106 cm³/mol. The van der Waals surface area contributed by atoms with Crippen LogP contribution in [0.25, 0.3) is 6.08 Å². The molecule has 2 N–H and O–H groups in total. The summed E-state index contributed by atoms with van der Waals surface area (Å²) in [6.45, 7) is 4.06. The summed E-state index contributed by atoms with van der Waals surface area (Å²) in [5, 5.41) is 15.2. The molecule has 0 radical (unpaired) electrons. The van der Waals surface area contributed by atoms with Gasteiger partial charge in [0.1, 0.15) is 5.82 Å². The molecule has 128 valence electrons. The highest BCUT2D eigenvalue weighted by Crippen LogP contribution is 2.26. The zero-order valence-corrected chi connectivity index (χ0v) is 14.7. The highest BCUT2D eigenvalue weighted by Gasteiger charge is 2.07. The van der Waals surface area contributed by atoms with Crippen LogP contribution in [0.3, 0.4) is 0 Å². The maximum atomic E-state index is 8.68. The summed E-state index contributed by atoms with van der Waals surface area (Å²) in [5.74, 6) is 1.25. The van der Waals surface area contributed by atoms with Gasteiger partial charge in [-0.25, -0.2) is 4.98 Å². The maximum absolute atomic E-state index is 8.68. The van der Waals surface area contributed by atoms with Crippen LogP contribution >= 0.6 is 0 Å². The number of para-hydroxylation sites is 1. The minimum atomic E-state index is 0.532. The minimum Gasteiger partial charge on any atom is -0.340 e. The number of nitrogens with one attached hydrogen (secondary N) is 2. The van der Waals surface area contributed by atoms with Crippen LogP contribution in [0.4, 0.5) is 23.1 Å². The van der Waals surface area contributed by atoms with E-state index in [1.807, 2.05) is 68.4 Å². The van der Waals surface area contributed by atoms with Gasteiger partial charge in [-0.3, -0.25) is 0 Å². The van der Waals surface area contributed by atoms with Gasteiger partial charge in [0.25, 0.3) is 0 Å². The molecule has 3 rings (SSSR count). The number of nitriles is 1. The monoisotopic (exact) mass is 341 g/mol. The first kappa shape index (κ1) is 17.2. The first-order valence-corrected chi connectivity index (χ1v) is 8.25. The predicted octanol–water partition coefficient (Wildman–Crippen LogP) is 5.12. The Labute approximate surface area is 153 Å². The first-order valence-electron chi connectivity index (χ1n) is 8.25. The summed E-state index contributed by atoms with van der Waals surface area (Å²) >= 11 is 0. The third-order valence-corrected chi connectivity index (χ3v) is 3.84. The van der Waals surface area contributed by atoms with Crippen molar-refractivity contribution in [3.8, 4) is 6.07 Å². The largest absolute Gasteiger partial charge is 0.340 e. The fourth-order valence-electron chi connectivity index (χ4n) is 2.69. The van der Waals surface area contributed by atoms with Crippen LogP contribution in [-0.4, -0.2) is 9.97 Å². The fourth-order valence-corrected chi connectivity index (χ4v) is 2.69. The van der Waals surface area contributed by atoms with Crippen molar-refractivity contribution < 1.29 is 0 Å². The maximum Gasteiger partial charge on any atom is 0.229 e. The van der Waals surface area contributed by atoms with E-state index in [9.17, 15) is 0 Å². The molecule has 0 bridgehead atoms. The van der Waals surface area contributed by atoms with Gasteiger partial charge in [-0.1, -0.05) is 18.2 Å². The molecule has 0 spiro atoms. The van der Waals surface area contributed by atoms with Crippen molar-refractivity contribution in [2.75, 3.05) is 10.6 Å². The Balaban J connectivity index is 1.82. The van der Waals surface area contributed by atoms with Gasteiger partial charge in [-0.15, -0.1) is 0 Å². The minimum absolute atomic E-state index is 0.532. The quantitative estimate of drug-likeness (QED) is 0.630. The van der Waals surface area contributed by atoms with Gasteiger partial charge < -0.3 is 10.6 Å². The molecule has 5 nitrogen and oxygen atoms in total. The topological polar surface area (TPSA) is 73.6 Å². The van der Waals surface area contributed by atoms with Crippen LogP contribution in [0.15, 0.2) is 60.8 Å². The molecule has 0 amide bonds. The van der Waals surface area contributed by atoms with Crippen molar-refractivity contribution in [3.05, 3.63) is 77.5 Å². The normalized spacial score (nSPS) is 10.5. The molecule has 0 fully saturated rings. The summed E-state index contributed by atoms with van der Waals surface area (Å²) in [6.07, 6.45) is 5.00. The third kappa shape index (κ3) is 4.25. The number of anilines is 4. The second kappa shape index (κ2) is 7.95. The Morgan fingerprint density at radius 2 is 1.73 bits per heavy atom. The molecule has 3 aromatic rings. The number of rotatable bonds is 5. The molecular weight excluding hydrogens is 322 g/mol. The van der Waals surface area contributed by atoms with E-state index in [1.54, 1.807) is 12.3 Å². The molecule has 0 saturated carbocycles. The molecule has 26 heavy (non-hydrogen) atoms. The number of aryl methyl sites for hydroxylation is 2. The lowest BCUT2D eigenvalue weighted by Crippen LogP contribution is -2.02. The Bertz CT molecular complexity index is 948. The van der Waals surface area contributed by atoms with Crippen molar-refractivity contribution in [2.45, 2.75) is 13.8 Å². The average Bonchev–Trinajstić information content (AvgIpc) is 2.64. The van der Waals surface area contributed by atoms with E-state index in [0.717, 1.165) is 28.1 Å². The van der Waals surface area contributed by atoms with Crippen molar-refractivity contribution in [3.63, 3.8) is 0 Å². The SMILES string of the molecule is Cc1cc(/C=C/C#N)cc(C)c1Nc1ccnc(Nc2ccccc2)n1. The summed E-state index contributed by atoms with van der Waals surface area (Å²) in [6, 6.07) is 17.7. The van der Waals surface area contributed by atoms with E-state index in [-0.39, 0.29) is 0 Å². The second-order valence-corrected chi connectivity index (χ2v) is 5.87. The van der Waals surface area contributed by atoms with E-state index < -0.39 is 0 Å². The lowest BCUT2D eigenvalue weighted by Gasteiger charge is -2.14. The van der Waals surface area contributed by atoms with Gasteiger partial charge >= 0.3 is 0 Å². The Morgan fingerprint density at radius 1 is 1.00 bits per heavy atom. The molecule has 1 aromatic heterocycles. The molecular formula is C21H19N5. The van der Waals surface area contributed by atoms with Gasteiger partial charge in [0, 0.05) is 23.6 Å². The van der Waals surface area contributed by atoms with Crippen molar-refractivity contribution in [1.29, 1.82) is 5.26 Å². The van der Waals surface area contributed by atoms with Crippen molar-refractivity contribution in [2.24, 2.45) is 0 Å². The Hall–Kier alpha value is -3.65. The highest BCUT2D eigenvalue weighted by atomic mass is 15.1. The molecule has 0 aliphatic heterocycles. The lowest BCUT2D eigenvalue weighted by atomic mass is 10.0. The van der Waals surface area contributed by atoms with Crippen LogP contribution in [-0.2, 0) is 0 Å². The number of hydrogen-bond donors (Lipinski definition) is 2. The summed E-state index contributed by atoms with van der Waals surface area (Å²) in [7, 11) is 0. The number of benzene rings is 2. The van der Waals surface area contributed by atoms with Crippen LogP contribution < -0.4 is 10.6 Å². The van der Waals surface area contributed by atoms with Gasteiger partial charge in [-0.05, 0) is 66.9 Å². The molecule has 1 heterocycles. The number of aromatic nitrogens is 2. The Morgan fingerprint density at radius 3 is 2.42 bits per heavy atom. The fraction of sp³-hybridized carbons (Fsp3) is 0.0952. The van der Waals surface area contributed by atoms with E-state index in [1.165, 1.54) is 6.08 Å². The summed E-state index contributed by atoms with van der Waals surface area (Å²) < 4.78 is 0. The average molecular weight is 341 g/mol. The standard InChI is InChI=1S/C21H19N5/c1-15-13-17(7-6-11-22)14-16(2)20(15)25-19-10-12-23-21(26-19)24-18-8-4-3-5-9-18/h3-10,12-14H,1-2H3,(H2,23,24,25,26)/b7-6+. The molecule has 0 unspecified atom stereocenters. The van der Waals surface area contributed by atoms with E-state index in [4.69, 9.17) is 5.26 Å². The van der Waals surface area contributed by atoms with Gasteiger partial charge in [0.05, 0.1) is 6.07 Å². The number of nitrogens with zero attached hydrogens (tertiary/aromatic N) is 3. The van der Waals surface area contributed by atoms with Crippen LogP contribution in [0, 0.1) is 25.2 Å². The second-order valence-electron chi connectivity index (χ2n) is 5.87. The van der Waals surface area contributed by atoms with Crippen molar-refractivity contribution in [1.82, 2.24) is 9.97 Å². The zero-order chi connectivity index (χ0) is 18.4. The number of allylic oxidation sites excluding steroid dienone is 1. The highest BCUT2D eigenvalue weighted by molar-refractivity contribution is 5.69. The smallest absolute Gasteiger partial charge is 0.229 e. The lowest BCUT2D eigenvalue weighted by molar-refractivity contribution is 1.16. The van der Waals surface area contributed by atoms with Crippen LogP contribution in [0.1, 0.15) is 16.7 Å². The van der Waals surface area contributed by atoms with Crippen molar-refractivity contribution >= 4 is 29.2 Å². The molecule has 0 aliphatic rings. The van der Waals surface area contributed by atoms with Gasteiger partial charge in [-0.2, -0.15) is 10.2 Å². The van der Waals surface area contributed by atoms with Gasteiger partial charge in [0.2, 0.25) is 5.95 Å². The van der Waals surface area contributed by atoms with Gasteiger partial charge in [0.15, 0.2) is 0 Å². The van der Waals surface area contributed by atoms with Crippen LogP contribution in [0.5, 0.6) is 0 Å². The van der Waals surface area contributed by atoms with E-state index in [0.29, 0.717) is 11.8 Å². The third-order valence-electron chi connectivity index (χ3n) is 3.84. The summed E-state index contributed by atoms with van der Waals surface area (Å²) in [4.78, 5) is 8.79. The first-order chi connectivity index (χ1) is 12.7. The number of hydrogen-bond acceptors (Lipinski definition) is 5. The summed E-state index contributed by atoms with van der Waals surface area (Å²) in [5.41, 5.74) is 5.10. The molecule has 0 saturated heterocycles. The Kier molecular flexibility index (Phi) is 5.25. The zero-order valence-electron chi connectivity index (χ0n) is 14.7. The molecule has 0 aliphatic carbocycles. The van der Waals surface area contributed by atoms with E-state index in [2.05, 4.69) is 20.6 Å². The van der Waals surface area contributed by atoms with E-state index >= 15 is 0 Å².